The van der Waals surface area contributed by atoms with Crippen molar-refractivity contribution in [1.82, 2.24) is 5.32 Å². The molecule has 0 saturated carbocycles. The van der Waals surface area contributed by atoms with Crippen LogP contribution in [0.1, 0.15) is 12.0 Å². The van der Waals surface area contributed by atoms with Crippen molar-refractivity contribution in [2.24, 2.45) is 0 Å². The van der Waals surface area contributed by atoms with E-state index in [4.69, 9.17) is 16.3 Å². The van der Waals surface area contributed by atoms with Gasteiger partial charge in [-0.3, -0.25) is 0 Å². The van der Waals surface area contributed by atoms with E-state index in [0.717, 1.165) is 36.6 Å². The molecular formula is C13H19ClN2O. The Kier molecular flexibility index (Phi) is 4.26. The first kappa shape index (κ1) is 12.7. The largest absolute Gasteiger partial charge is 0.380 e. The Morgan fingerprint density at radius 2 is 2.35 bits per heavy atom. The molecule has 4 heteroatoms. The molecule has 1 heterocycles. The van der Waals surface area contributed by atoms with Crippen LogP contribution in [0.2, 0.25) is 5.02 Å². The average Bonchev–Trinajstić information content (AvgIpc) is 2.80. The van der Waals surface area contributed by atoms with Crippen molar-refractivity contribution < 1.29 is 4.74 Å². The molecule has 1 aromatic carbocycles. The standard InChI is InChI=1S/C13H19ClN2O/c1-15-8-10-3-4-11(7-13(10)14)16-6-5-12(9-16)17-2/h3-4,7,12,15H,5-6,8-9H2,1-2H3. The summed E-state index contributed by atoms with van der Waals surface area (Å²) in [4.78, 5) is 2.32. The molecule has 0 spiro atoms. The van der Waals surface area contributed by atoms with E-state index in [1.54, 1.807) is 7.11 Å². The number of hydrogen-bond acceptors (Lipinski definition) is 3. The Bertz CT molecular complexity index is 384. The van der Waals surface area contributed by atoms with E-state index in [2.05, 4.69) is 22.3 Å². The van der Waals surface area contributed by atoms with E-state index in [9.17, 15) is 0 Å². The molecule has 17 heavy (non-hydrogen) atoms. The summed E-state index contributed by atoms with van der Waals surface area (Å²) >= 11 is 6.26. The van der Waals surface area contributed by atoms with Gasteiger partial charge in [0, 0.05) is 37.5 Å². The summed E-state index contributed by atoms with van der Waals surface area (Å²) in [6.07, 6.45) is 1.44. The van der Waals surface area contributed by atoms with E-state index < -0.39 is 0 Å². The number of rotatable bonds is 4. The molecule has 1 unspecified atom stereocenters. The van der Waals surface area contributed by atoms with E-state index >= 15 is 0 Å². The highest BCUT2D eigenvalue weighted by Gasteiger charge is 2.22. The van der Waals surface area contributed by atoms with Crippen molar-refractivity contribution in [3.63, 3.8) is 0 Å². The lowest BCUT2D eigenvalue weighted by atomic mass is 10.2. The average molecular weight is 255 g/mol. The lowest BCUT2D eigenvalue weighted by Crippen LogP contribution is -2.22. The molecule has 94 valence electrons. The lowest BCUT2D eigenvalue weighted by Gasteiger charge is -2.19. The predicted octanol–water partition coefficient (Wildman–Crippen LogP) is 2.28. The normalized spacial score (nSPS) is 19.9. The zero-order valence-electron chi connectivity index (χ0n) is 10.4. The number of methoxy groups -OCH3 is 1. The Labute approximate surface area is 108 Å². The number of hydrogen-bond donors (Lipinski definition) is 1. The highest BCUT2D eigenvalue weighted by Crippen LogP contribution is 2.26. The molecule has 1 fully saturated rings. The van der Waals surface area contributed by atoms with Crippen LogP contribution in [0.15, 0.2) is 18.2 Å². The molecule has 3 nitrogen and oxygen atoms in total. The van der Waals surface area contributed by atoms with E-state index in [0.29, 0.717) is 6.10 Å². The van der Waals surface area contributed by atoms with Crippen molar-refractivity contribution in [2.75, 3.05) is 32.1 Å². The van der Waals surface area contributed by atoms with Crippen LogP contribution in [-0.4, -0.2) is 33.4 Å². The highest BCUT2D eigenvalue weighted by molar-refractivity contribution is 6.31. The fourth-order valence-corrected chi connectivity index (χ4v) is 2.46. The van der Waals surface area contributed by atoms with E-state index in [1.807, 2.05) is 13.1 Å². The topological polar surface area (TPSA) is 24.5 Å². The Morgan fingerprint density at radius 3 is 2.94 bits per heavy atom. The minimum atomic E-state index is 0.353. The molecule has 1 aliphatic heterocycles. The number of anilines is 1. The monoisotopic (exact) mass is 254 g/mol. The number of nitrogens with zero attached hydrogens (tertiary/aromatic N) is 1. The predicted molar refractivity (Wildman–Crippen MR) is 71.8 cm³/mol. The molecule has 0 amide bonds. The van der Waals surface area contributed by atoms with Gasteiger partial charge < -0.3 is 15.0 Å². The first-order valence-electron chi connectivity index (χ1n) is 5.95. The number of nitrogens with one attached hydrogen (secondary N) is 1. The summed E-state index contributed by atoms with van der Waals surface area (Å²) in [7, 11) is 3.70. The summed E-state index contributed by atoms with van der Waals surface area (Å²) in [5.41, 5.74) is 2.33. The number of halogens is 1. The first-order chi connectivity index (χ1) is 8.24. The van der Waals surface area contributed by atoms with Gasteiger partial charge in [0.2, 0.25) is 0 Å². The van der Waals surface area contributed by atoms with Crippen molar-refractivity contribution >= 4 is 17.3 Å². The molecule has 1 aliphatic rings. The molecule has 0 aromatic heterocycles. The van der Waals surface area contributed by atoms with Crippen LogP contribution < -0.4 is 10.2 Å². The fraction of sp³-hybridized carbons (Fsp3) is 0.538. The van der Waals surface area contributed by atoms with Gasteiger partial charge in [-0.2, -0.15) is 0 Å². The fourth-order valence-electron chi connectivity index (χ4n) is 2.22. The zero-order chi connectivity index (χ0) is 12.3. The van der Waals surface area contributed by atoms with Crippen LogP contribution >= 0.6 is 11.6 Å². The molecule has 0 bridgehead atoms. The van der Waals surface area contributed by atoms with Gasteiger partial charge >= 0.3 is 0 Å². The molecular weight excluding hydrogens is 236 g/mol. The smallest absolute Gasteiger partial charge is 0.0762 e. The summed E-state index contributed by atoms with van der Waals surface area (Å²) in [5.74, 6) is 0. The third-order valence-electron chi connectivity index (χ3n) is 3.25. The maximum absolute atomic E-state index is 6.26. The van der Waals surface area contributed by atoms with Crippen LogP contribution in [0.3, 0.4) is 0 Å². The Balaban J connectivity index is 2.09. The highest BCUT2D eigenvalue weighted by atomic mass is 35.5. The van der Waals surface area contributed by atoms with Crippen molar-refractivity contribution in [1.29, 1.82) is 0 Å². The molecule has 1 atom stereocenters. The Morgan fingerprint density at radius 1 is 1.53 bits per heavy atom. The minimum absolute atomic E-state index is 0.353. The third-order valence-corrected chi connectivity index (χ3v) is 3.60. The van der Waals surface area contributed by atoms with Crippen LogP contribution in [0, 0.1) is 0 Å². The maximum atomic E-state index is 6.26. The number of benzene rings is 1. The SMILES string of the molecule is CNCc1ccc(N2CCC(OC)C2)cc1Cl. The van der Waals surface area contributed by atoms with Gasteiger partial charge in [0.1, 0.15) is 0 Å². The van der Waals surface area contributed by atoms with Gasteiger partial charge in [0.05, 0.1) is 6.10 Å². The first-order valence-corrected chi connectivity index (χ1v) is 6.33. The van der Waals surface area contributed by atoms with Gasteiger partial charge in [-0.15, -0.1) is 0 Å². The van der Waals surface area contributed by atoms with Crippen LogP contribution in [0.25, 0.3) is 0 Å². The van der Waals surface area contributed by atoms with Crippen LogP contribution in [0.5, 0.6) is 0 Å². The molecule has 1 saturated heterocycles. The Hall–Kier alpha value is -0.770. The molecule has 1 N–H and O–H groups in total. The number of ether oxygens (including phenoxy) is 1. The van der Waals surface area contributed by atoms with Gasteiger partial charge in [-0.1, -0.05) is 17.7 Å². The molecule has 2 rings (SSSR count). The van der Waals surface area contributed by atoms with Gasteiger partial charge in [0.25, 0.3) is 0 Å². The second-order valence-corrected chi connectivity index (χ2v) is 4.81. The van der Waals surface area contributed by atoms with Gasteiger partial charge in [-0.25, -0.2) is 0 Å². The van der Waals surface area contributed by atoms with Gasteiger partial charge in [-0.05, 0) is 31.2 Å². The summed E-state index contributed by atoms with van der Waals surface area (Å²) in [6, 6.07) is 6.27. The van der Waals surface area contributed by atoms with Crippen LogP contribution in [-0.2, 0) is 11.3 Å². The van der Waals surface area contributed by atoms with E-state index in [1.165, 1.54) is 5.69 Å². The van der Waals surface area contributed by atoms with Crippen molar-refractivity contribution in [2.45, 2.75) is 19.1 Å². The van der Waals surface area contributed by atoms with E-state index in [-0.39, 0.29) is 0 Å². The summed E-state index contributed by atoms with van der Waals surface area (Å²) in [5, 5.41) is 3.94. The summed E-state index contributed by atoms with van der Waals surface area (Å²) < 4.78 is 5.37. The quantitative estimate of drug-likeness (QED) is 0.892. The van der Waals surface area contributed by atoms with Gasteiger partial charge in [0.15, 0.2) is 0 Å². The van der Waals surface area contributed by atoms with Crippen LogP contribution in [0.4, 0.5) is 5.69 Å². The third kappa shape index (κ3) is 2.92. The minimum Gasteiger partial charge on any atom is -0.380 e. The summed E-state index contributed by atoms with van der Waals surface area (Å²) in [6.45, 7) is 2.80. The zero-order valence-corrected chi connectivity index (χ0v) is 11.1. The van der Waals surface area contributed by atoms with Crippen molar-refractivity contribution in [3.8, 4) is 0 Å². The maximum Gasteiger partial charge on any atom is 0.0762 e. The van der Waals surface area contributed by atoms with Crippen molar-refractivity contribution in [3.05, 3.63) is 28.8 Å². The second-order valence-electron chi connectivity index (χ2n) is 4.40. The molecule has 0 radical (unpaired) electrons. The lowest BCUT2D eigenvalue weighted by molar-refractivity contribution is 0.121. The molecule has 0 aliphatic carbocycles. The molecule has 1 aromatic rings. The second kappa shape index (κ2) is 5.71.